The Balaban J connectivity index is -0.000000162. The van der Waals surface area contributed by atoms with Crippen LogP contribution in [0.1, 0.15) is 12.8 Å². The topological polar surface area (TPSA) is 107 Å². The number of methoxy groups -OCH3 is 1. The summed E-state index contributed by atoms with van der Waals surface area (Å²) in [4.78, 5) is 9.84. The quantitative estimate of drug-likeness (QED) is 0.280. The van der Waals surface area contributed by atoms with E-state index < -0.39 is 5.97 Å². The SMILES string of the molecule is C=CC(=O)OC.OCCCCO.OCCO. The molecule has 0 aromatic heterocycles. The van der Waals surface area contributed by atoms with Gasteiger partial charge >= 0.3 is 5.97 Å². The van der Waals surface area contributed by atoms with Crippen LogP contribution < -0.4 is 0 Å². The summed E-state index contributed by atoms with van der Waals surface area (Å²) in [7, 11) is 1.31. The molecule has 0 heterocycles. The third-order valence-corrected chi connectivity index (χ3v) is 1.03. The van der Waals surface area contributed by atoms with Crippen molar-refractivity contribution in [3.8, 4) is 0 Å². The number of carbonyl (C=O) groups excluding carboxylic acids is 1. The van der Waals surface area contributed by atoms with E-state index in [0.29, 0.717) is 0 Å². The van der Waals surface area contributed by atoms with Gasteiger partial charge in [0, 0.05) is 19.3 Å². The van der Waals surface area contributed by atoms with Crippen LogP contribution >= 0.6 is 0 Å². The van der Waals surface area contributed by atoms with E-state index in [-0.39, 0.29) is 26.4 Å². The van der Waals surface area contributed by atoms with Crippen molar-refractivity contribution in [1.29, 1.82) is 0 Å². The van der Waals surface area contributed by atoms with Crippen molar-refractivity contribution in [3.63, 3.8) is 0 Å². The van der Waals surface area contributed by atoms with E-state index >= 15 is 0 Å². The second kappa shape index (κ2) is 23.7. The summed E-state index contributed by atoms with van der Waals surface area (Å²) in [5.41, 5.74) is 0. The van der Waals surface area contributed by atoms with Crippen molar-refractivity contribution >= 4 is 5.97 Å². The first-order valence-corrected chi connectivity index (χ1v) is 4.78. The number of aliphatic hydroxyl groups is 4. The van der Waals surface area contributed by atoms with Crippen molar-refractivity contribution in [2.45, 2.75) is 12.8 Å². The number of unbranched alkanes of at least 4 members (excludes halogenated alkanes) is 1. The highest BCUT2D eigenvalue weighted by molar-refractivity contribution is 5.80. The molecular weight excluding hydrogens is 216 g/mol. The molecule has 98 valence electrons. The maximum atomic E-state index is 9.84. The predicted octanol–water partition coefficient (Wildman–Crippen LogP) is -0.932. The van der Waals surface area contributed by atoms with Gasteiger partial charge in [-0.05, 0) is 12.8 Å². The zero-order valence-corrected chi connectivity index (χ0v) is 9.63. The van der Waals surface area contributed by atoms with Gasteiger partial charge < -0.3 is 25.2 Å². The van der Waals surface area contributed by atoms with Crippen LogP contribution in [0.4, 0.5) is 0 Å². The first-order valence-electron chi connectivity index (χ1n) is 4.78. The van der Waals surface area contributed by atoms with Crippen LogP contribution in [0, 0.1) is 0 Å². The molecule has 0 spiro atoms. The Hall–Kier alpha value is -0.950. The molecule has 0 aliphatic rings. The normalized spacial score (nSPS) is 7.81. The first kappa shape index (κ1) is 20.5. The van der Waals surface area contributed by atoms with Crippen molar-refractivity contribution in [2.75, 3.05) is 33.5 Å². The lowest BCUT2D eigenvalue weighted by molar-refractivity contribution is -0.134. The molecule has 0 saturated heterocycles. The Labute approximate surface area is 95.8 Å². The van der Waals surface area contributed by atoms with Gasteiger partial charge in [0.25, 0.3) is 0 Å². The van der Waals surface area contributed by atoms with Gasteiger partial charge in [0.15, 0.2) is 0 Å². The minimum atomic E-state index is -0.394. The fourth-order valence-corrected chi connectivity index (χ4v) is 0.307. The van der Waals surface area contributed by atoms with E-state index in [1.54, 1.807) is 0 Å². The molecule has 0 rings (SSSR count). The first-order chi connectivity index (χ1) is 7.64. The summed E-state index contributed by atoms with van der Waals surface area (Å²) >= 11 is 0. The van der Waals surface area contributed by atoms with E-state index in [1.807, 2.05) is 0 Å². The van der Waals surface area contributed by atoms with E-state index in [1.165, 1.54) is 7.11 Å². The molecule has 0 unspecified atom stereocenters. The second-order valence-corrected chi connectivity index (χ2v) is 2.33. The fourth-order valence-electron chi connectivity index (χ4n) is 0.307. The Morgan fingerprint density at radius 3 is 1.50 bits per heavy atom. The highest BCUT2D eigenvalue weighted by Gasteiger charge is 1.81. The molecule has 0 fully saturated rings. The average molecular weight is 238 g/mol. The van der Waals surface area contributed by atoms with Gasteiger partial charge in [-0.3, -0.25) is 0 Å². The second-order valence-electron chi connectivity index (χ2n) is 2.33. The smallest absolute Gasteiger partial charge is 0.329 e. The number of carbonyl (C=O) groups is 1. The van der Waals surface area contributed by atoms with Gasteiger partial charge in [0.1, 0.15) is 0 Å². The number of hydrogen-bond donors (Lipinski definition) is 4. The lowest BCUT2D eigenvalue weighted by Crippen LogP contribution is -1.91. The summed E-state index contributed by atoms with van der Waals surface area (Å²) in [6.07, 6.45) is 2.55. The standard InChI is InChI=1S/C4H6O2.C4H10O2.C2H6O2/c1-3-4(5)6-2;5-3-1-2-4-6;3-1-2-4/h3H,1H2,2H3;5-6H,1-4H2;3-4H,1-2H2. The summed E-state index contributed by atoms with van der Waals surface area (Å²) in [6.45, 7) is 3.30. The molecule has 0 amide bonds. The molecule has 6 heteroatoms. The molecule has 0 aliphatic carbocycles. The van der Waals surface area contributed by atoms with Crippen molar-refractivity contribution in [1.82, 2.24) is 0 Å². The fraction of sp³-hybridized carbons (Fsp3) is 0.700. The number of hydrogen-bond acceptors (Lipinski definition) is 6. The Morgan fingerprint density at radius 2 is 1.44 bits per heavy atom. The lowest BCUT2D eigenvalue weighted by atomic mass is 10.3. The molecule has 6 nitrogen and oxygen atoms in total. The maximum absolute atomic E-state index is 9.84. The molecule has 0 saturated carbocycles. The van der Waals surface area contributed by atoms with Crippen molar-refractivity contribution < 1.29 is 30.0 Å². The van der Waals surface area contributed by atoms with Crippen molar-refractivity contribution in [2.24, 2.45) is 0 Å². The van der Waals surface area contributed by atoms with Crippen LogP contribution in [0.3, 0.4) is 0 Å². The number of rotatable bonds is 5. The van der Waals surface area contributed by atoms with Gasteiger partial charge in [0.05, 0.1) is 20.3 Å². The highest BCUT2D eigenvalue weighted by atomic mass is 16.5. The van der Waals surface area contributed by atoms with Gasteiger partial charge in [-0.1, -0.05) is 6.58 Å². The molecular formula is C10H22O6. The average Bonchev–Trinajstić information content (AvgIpc) is 2.36. The maximum Gasteiger partial charge on any atom is 0.329 e. The summed E-state index contributed by atoms with van der Waals surface area (Å²) in [5, 5.41) is 31.4. The minimum Gasteiger partial charge on any atom is -0.466 e. The van der Waals surface area contributed by atoms with E-state index in [2.05, 4.69) is 11.3 Å². The zero-order valence-electron chi connectivity index (χ0n) is 9.63. The summed E-state index contributed by atoms with van der Waals surface area (Å²) in [6, 6.07) is 0. The molecule has 16 heavy (non-hydrogen) atoms. The zero-order chi connectivity index (χ0) is 13.2. The minimum absolute atomic E-state index is 0.125. The molecule has 4 N–H and O–H groups in total. The van der Waals surface area contributed by atoms with Gasteiger partial charge in [-0.15, -0.1) is 0 Å². The number of ether oxygens (including phenoxy) is 1. The van der Waals surface area contributed by atoms with Gasteiger partial charge in [0.2, 0.25) is 0 Å². The van der Waals surface area contributed by atoms with Crippen LogP contribution in [0.25, 0.3) is 0 Å². The predicted molar refractivity (Wildman–Crippen MR) is 59.8 cm³/mol. The highest BCUT2D eigenvalue weighted by Crippen LogP contribution is 1.80. The third-order valence-electron chi connectivity index (χ3n) is 1.03. The van der Waals surface area contributed by atoms with Crippen LogP contribution in [-0.4, -0.2) is 59.9 Å². The molecule has 0 aliphatic heterocycles. The molecule has 0 radical (unpaired) electrons. The lowest BCUT2D eigenvalue weighted by Gasteiger charge is -1.85. The van der Waals surface area contributed by atoms with Crippen LogP contribution in [0.15, 0.2) is 12.7 Å². The largest absolute Gasteiger partial charge is 0.466 e. The Kier molecular flexibility index (Phi) is 30.3. The molecule has 0 aromatic rings. The number of aliphatic hydroxyl groups excluding tert-OH is 4. The van der Waals surface area contributed by atoms with Crippen LogP contribution in [-0.2, 0) is 9.53 Å². The van der Waals surface area contributed by atoms with Gasteiger partial charge in [-0.25, -0.2) is 4.79 Å². The Bertz CT molecular complexity index is 131. The van der Waals surface area contributed by atoms with E-state index in [9.17, 15) is 4.79 Å². The molecule has 0 aromatic carbocycles. The third kappa shape index (κ3) is 38.1. The van der Waals surface area contributed by atoms with Crippen LogP contribution in [0.2, 0.25) is 0 Å². The Morgan fingerprint density at radius 1 is 1.06 bits per heavy atom. The van der Waals surface area contributed by atoms with E-state index in [0.717, 1.165) is 18.9 Å². The summed E-state index contributed by atoms with van der Waals surface area (Å²) in [5.74, 6) is -0.394. The molecule has 0 atom stereocenters. The van der Waals surface area contributed by atoms with Crippen molar-refractivity contribution in [3.05, 3.63) is 12.7 Å². The number of esters is 1. The van der Waals surface area contributed by atoms with Gasteiger partial charge in [-0.2, -0.15) is 0 Å². The van der Waals surface area contributed by atoms with Crippen LogP contribution in [0.5, 0.6) is 0 Å². The molecule has 0 bridgehead atoms. The van der Waals surface area contributed by atoms with E-state index in [4.69, 9.17) is 20.4 Å². The summed E-state index contributed by atoms with van der Waals surface area (Å²) < 4.78 is 4.14. The monoisotopic (exact) mass is 238 g/mol.